The third kappa shape index (κ3) is 1.82. The van der Waals surface area contributed by atoms with Gasteiger partial charge in [-0.1, -0.05) is 23.8 Å². The third-order valence-corrected chi connectivity index (χ3v) is 3.02. The fraction of sp³-hybridized carbons (Fsp3) is 0.545. The SMILES string of the molecule is O=C(O)CC1CCC2=CC=CC2C1. The number of carbonyl (C=O) groups is 1. The van der Waals surface area contributed by atoms with Crippen molar-refractivity contribution in [3.05, 3.63) is 23.8 Å². The lowest BCUT2D eigenvalue weighted by Crippen LogP contribution is -2.17. The van der Waals surface area contributed by atoms with Crippen LogP contribution in [0.1, 0.15) is 25.7 Å². The molecule has 0 aromatic heterocycles. The molecule has 2 unspecified atom stereocenters. The molecule has 0 spiro atoms. The minimum absolute atomic E-state index is 0.345. The molecule has 1 saturated carbocycles. The van der Waals surface area contributed by atoms with E-state index in [-0.39, 0.29) is 0 Å². The standard InChI is InChI=1S/C11H14O2/c12-11(13)7-8-4-5-9-2-1-3-10(9)6-8/h1-3,8,10H,4-7H2,(H,12,13). The predicted octanol–water partition coefficient (Wildman–Crippen LogP) is 2.37. The van der Waals surface area contributed by atoms with E-state index in [1.165, 1.54) is 5.57 Å². The molecule has 0 bridgehead atoms. The second kappa shape index (κ2) is 3.36. The maximum atomic E-state index is 10.5. The zero-order valence-corrected chi connectivity index (χ0v) is 7.57. The maximum absolute atomic E-state index is 10.5. The van der Waals surface area contributed by atoms with Crippen molar-refractivity contribution < 1.29 is 9.90 Å². The number of hydrogen-bond donors (Lipinski definition) is 1. The van der Waals surface area contributed by atoms with Crippen LogP contribution in [0.25, 0.3) is 0 Å². The summed E-state index contributed by atoms with van der Waals surface area (Å²) in [6, 6.07) is 0. The van der Waals surface area contributed by atoms with Gasteiger partial charge in [-0.15, -0.1) is 0 Å². The third-order valence-electron chi connectivity index (χ3n) is 3.02. The lowest BCUT2D eigenvalue weighted by molar-refractivity contribution is -0.138. The lowest BCUT2D eigenvalue weighted by atomic mass is 9.78. The van der Waals surface area contributed by atoms with Gasteiger partial charge in [-0.3, -0.25) is 4.79 Å². The van der Waals surface area contributed by atoms with Crippen LogP contribution < -0.4 is 0 Å². The molecule has 0 aromatic carbocycles. The van der Waals surface area contributed by atoms with Gasteiger partial charge in [0.15, 0.2) is 0 Å². The highest BCUT2D eigenvalue weighted by molar-refractivity contribution is 5.67. The highest BCUT2D eigenvalue weighted by atomic mass is 16.4. The second-order valence-corrected chi connectivity index (χ2v) is 3.97. The van der Waals surface area contributed by atoms with Crippen molar-refractivity contribution in [2.45, 2.75) is 25.7 Å². The van der Waals surface area contributed by atoms with Gasteiger partial charge in [0.05, 0.1) is 0 Å². The summed E-state index contributed by atoms with van der Waals surface area (Å²) in [6.07, 6.45) is 10.0. The predicted molar refractivity (Wildman–Crippen MR) is 50.3 cm³/mol. The lowest BCUT2D eigenvalue weighted by Gasteiger charge is -2.26. The molecule has 2 aliphatic rings. The summed E-state index contributed by atoms with van der Waals surface area (Å²) in [5.74, 6) is 0.292. The Balaban J connectivity index is 1.94. The molecule has 70 valence electrons. The molecule has 1 fully saturated rings. The van der Waals surface area contributed by atoms with Crippen LogP contribution in [-0.2, 0) is 4.79 Å². The Bertz CT molecular complexity index is 276. The highest BCUT2D eigenvalue weighted by Crippen LogP contribution is 2.38. The number of fused-ring (bicyclic) bond motifs is 1. The highest BCUT2D eigenvalue weighted by Gasteiger charge is 2.26. The summed E-state index contributed by atoms with van der Waals surface area (Å²) in [6.45, 7) is 0. The van der Waals surface area contributed by atoms with E-state index >= 15 is 0 Å². The van der Waals surface area contributed by atoms with E-state index in [0.717, 1.165) is 19.3 Å². The van der Waals surface area contributed by atoms with E-state index in [4.69, 9.17) is 5.11 Å². The summed E-state index contributed by atoms with van der Waals surface area (Å²) in [4.78, 5) is 10.5. The fourth-order valence-electron chi connectivity index (χ4n) is 2.34. The molecule has 0 heterocycles. The van der Waals surface area contributed by atoms with E-state index in [1.54, 1.807) is 0 Å². The molecule has 2 aliphatic carbocycles. The largest absolute Gasteiger partial charge is 0.481 e. The molecule has 0 radical (unpaired) electrons. The smallest absolute Gasteiger partial charge is 0.303 e. The van der Waals surface area contributed by atoms with E-state index < -0.39 is 5.97 Å². The van der Waals surface area contributed by atoms with Crippen LogP contribution in [0.2, 0.25) is 0 Å². The quantitative estimate of drug-likeness (QED) is 0.704. The Morgan fingerprint density at radius 3 is 3.23 bits per heavy atom. The molecule has 1 N–H and O–H groups in total. The summed E-state index contributed by atoms with van der Waals surface area (Å²) in [5.41, 5.74) is 1.50. The Labute approximate surface area is 78.0 Å². The van der Waals surface area contributed by atoms with Crippen LogP contribution >= 0.6 is 0 Å². The minimum Gasteiger partial charge on any atom is -0.481 e. The topological polar surface area (TPSA) is 37.3 Å². The van der Waals surface area contributed by atoms with Gasteiger partial charge < -0.3 is 5.11 Å². The number of carboxylic acid groups (broad SMARTS) is 1. The monoisotopic (exact) mass is 178 g/mol. The zero-order chi connectivity index (χ0) is 9.26. The molecule has 2 heteroatoms. The first kappa shape index (κ1) is 8.54. The summed E-state index contributed by atoms with van der Waals surface area (Å²) < 4.78 is 0. The summed E-state index contributed by atoms with van der Waals surface area (Å²) in [5, 5.41) is 8.67. The van der Waals surface area contributed by atoms with Crippen molar-refractivity contribution in [3.8, 4) is 0 Å². The fourth-order valence-corrected chi connectivity index (χ4v) is 2.34. The molecule has 0 saturated heterocycles. The van der Waals surface area contributed by atoms with Gasteiger partial charge in [0, 0.05) is 6.42 Å². The van der Waals surface area contributed by atoms with Crippen molar-refractivity contribution in [3.63, 3.8) is 0 Å². The normalized spacial score (nSPS) is 31.2. The van der Waals surface area contributed by atoms with Crippen LogP contribution in [0.3, 0.4) is 0 Å². The van der Waals surface area contributed by atoms with Gasteiger partial charge >= 0.3 is 5.97 Å². The second-order valence-electron chi connectivity index (χ2n) is 3.97. The van der Waals surface area contributed by atoms with Crippen LogP contribution in [-0.4, -0.2) is 11.1 Å². The average molecular weight is 178 g/mol. The number of aliphatic carboxylic acids is 1. The Morgan fingerprint density at radius 2 is 2.46 bits per heavy atom. The van der Waals surface area contributed by atoms with Crippen LogP contribution in [0, 0.1) is 11.8 Å². The van der Waals surface area contributed by atoms with Gasteiger partial charge in [0.1, 0.15) is 0 Å². The van der Waals surface area contributed by atoms with Crippen molar-refractivity contribution in [2.75, 3.05) is 0 Å². The van der Waals surface area contributed by atoms with Crippen LogP contribution in [0.4, 0.5) is 0 Å². The van der Waals surface area contributed by atoms with Crippen molar-refractivity contribution in [2.24, 2.45) is 11.8 Å². The molecule has 2 rings (SSSR count). The van der Waals surface area contributed by atoms with Gasteiger partial charge in [0.25, 0.3) is 0 Å². The van der Waals surface area contributed by atoms with Crippen LogP contribution in [0.15, 0.2) is 23.8 Å². The first-order valence-corrected chi connectivity index (χ1v) is 4.85. The molecular formula is C11H14O2. The first-order valence-electron chi connectivity index (χ1n) is 4.85. The molecular weight excluding hydrogens is 164 g/mol. The Morgan fingerprint density at radius 1 is 1.62 bits per heavy atom. The van der Waals surface area contributed by atoms with E-state index in [1.807, 2.05) is 0 Å². The molecule has 0 amide bonds. The zero-order valence-electron chi connectivity index (χ0n) is 7.57. The number of rotatable bonds is 2. The van der Waals surface area contributed by atoms with Gasteiger partial charge in [-0.2, -0.15) is 0 Å². The average Bonchev–Trinajstić information content (AvgIpc) is 2.49. The minimum atomic E-state index is -0.653. The summed E-state index contributed by atoms with van der Waals surface area (Å²) >= 11 is 0. The van der Waals surface area contributed by atoms with Crippen LogP contribution in [0.5, 0.6) is 0 Å². The Kier molecular flexibility index (Phi) is 2.21. The molecule has 0 aliphatic heterocycles. The molecule has 0 aromatic rings. The van der Waals surface area contributed by atoms with Gasteiger partial charge in [0.2, 0.25) is 0 Å². The molecule has 13 heavy (non-hydrogen) atoms. The Hall–Kier alpha value is -1.05. The van der Waals surface area contributed by atoms with Gasteiger partial charge in [-0.25, -0.2) is 0 Å². The number of carboxylic acids is 1. The van der Waals surface area contributed by atoms with E-state index in [0.29, 0.717) is 18.3 Å². The van der Waals surface area contributed by atoms with E-state index in [2.05, 4.69) is 18.2 Å². The molecule has 2 atom stereocenters. The van der Waals surface area contributed by atoms with Crippen molar-refractivity contribution in [1.29, 1.82) is 0 Å². The maximum Gasteiger partial charge on any atom is 0.303 e. The molecule has 2 nitrogen and oxygen atoms in total. The van der Waals surface area contributed by atoms with Gasteiger partial charge in [-0.05, 0) is 31.1 Å². The number of hydrogen-bond acceptors (Lipinski definition) is 1. The first-order chi connectivity index (χ1) is 6.25. The van der Waals surface area contributed by atoms with E-state index in [9.17, 15) is 4.79 Å². The van der Waals surface area contributed by atoms with Crippen molar-refractivity contribution >= 4 is 5.97 Å². The number of allylic oxidation sites excluding steroid dienone is 4. The van der Waals surface area contributed by atoms with Crippen molar-refractivity contribution in [1.82, 2.24) is 0 Å². The summed E-state index contributed by atoms with van der Waals surface area (Å²) in [7, 11) is 0.